The Hall–Kier alpha value is -2.41. The van der Waals surface area contributed by atoms with Crippen LogP contribution in [-0.4, -0.2) is 29.5 Å². The summed E-state index contributed by atoms with van der Waals surface area (Å²) in [6.45, 7) is 5.95. The third-order valence-corrected chi connectivity index (χ3v) is 4.41. The minimum absolute atomic E-state index is 0.0669. The smallest absolute Gasteiger partial charge is 0.338 e. The number of hydrogen-bond acceptors (Lipinski definition) is 6. The number of nitrogens with one attached hydrogen (secondary N) is 1. The molecule has 1 aromatic carbocycles. The molecule has 1 unspecified atom stereocenters. The van der Waals surface area contributed by atoms with Gasteiger partial charge in [0.2, 0.25) is 0 Å². The molecule has 7 heteroatoms. The molecule has 1 aromatic heterocycles. The Kier molecular flexibility index (Phi) is 7.59. The first-order valence-corrected chi connectivity index (χ1v) is 9.46. The van der Waals surface area contributed by atoms with E-state index in [1.165, 1.54) is 0 Å². The van der Waals surface area contributed by atoms with Crippen molar-refractivity contribution < 1.29 is 19.1 Å². The van der Waals surface area contributed by atoms with Gasteiger partial charge in [0, 0.05) is 11.4 Å². The fourth-order valence-electron chi connectivity index (χ4n) is 2.38. The molecule has 0 fully saturated rings. The van der Waals surface area contributed by atoms with E-state index in [1.807, 2.05) is 26.2 Å². The van der Waals surface area contributed by atoms with Crippen LogP contribution in [0.3, 0.4) is 0 Å². The topological polar surface area (TPSA) is 77.5 Å². The summed E-state index contributed by atoms with van der Waals surface area (Å²) in [6.07, 6.45) is 1.87. The van der Waals surface area contributed by atoms with Crippen LogP contribution in [0, 0.1) is 6.92 Å². The molecule has 0 aliphatic rings. The molecule has 0 saturated heterocycles. The Balaban J connectivity index is 1.84. The van der Waals surface area contributed by atoms with Gasteiger partial charge in [-0.05, 0) is 38.5 Å². The van der Waals surface area contributed by atoms with Crippen molar-refractivity contribution in [3.8, 4) is 5.75 Å². The zero-order valence-electron chi connectivity index (χ0n) is 15.3. The quantitative estimate of drug-likeness (QED) is 0.678. The normalized spacial score (nSPS) is 11.7. The number of rotatable bonds is 9. The summed E-state index contributed by atoms with van der Waals surface area (Å²) in [5, 5.41) is 5.71. The number of nitrogens with zero attached hydrogens (tertiary/aromatic N) is 1. The summed E-state index contributed by atoms with van der Waals surface area (Å²) in [7, 11) is 0. The van der Waals surface area contributed by atoms with E-state index >= 15 is 0 Å². The van der Waals surface area contributed by atoms with Crippen molar-refractivity contribution >= 4 is 23.2 Å². The lowest BCUT2D eigenvalue weighted by Crippen LogP contribution is -2.35. The van der Waals surface area contributed by atoms with Gasteiger partial charge in [-0.2, -0.15) is 0 Å². The Bertz CT molecular complexity index is 745. The standard InChI is InChI=1S/C19H24N2O4S/c1-4-6-13(2)20-18(22)11-25-19(23)15-7-5-8-17(9-15)24-10-16-12-26-14(3)21-16/h5,7-9,12-13H,4,6,10-11H2,1-3H3,(H,20,22). The van der Waals surface area contributed by atoms with E-state index in [2.05, 4.69) is 10.3 Å². The Morgan fingerprint density at radius 1 is 1.35 bits per heavy atom. The second-order valence-corrected chi connectivity index (χ2v) is 7.07. The van der Waals surface area contributed by atoms with Crippen LogP contribution in [-0.2, 0) is 16.1 Å². The zero-order chi connectivity index (χ0) is 18.9. The number of hydrogen-bond donors (Lipinski definition) is 1. The number of aromatic nitrogens is 1. The molecule has 0 radical (unpaired) electrons. The first-order valence-electron chi connectivity index (χ1n) is 8.58. The lowest BCUT2D eigenvalue weighted by molar-refractivity contribution is -0.124. The summed E-state index contributed by atoms with van der Waals surface area (Å²) in [5.74, 6) is -0.310. The van der Waals surface area contributed by atoms with Crippen LogP contribution in [0.15, 0.2) is 29.6 Å². The monoisotopic (exact) mass is 376 g/mol. The van der Waals surface area contributed by atoms with Crippen LogP contribution in [0.5, 0.6) is 5.75 Å². The van der Waals surface area contributed by atoms with E-state index < -0.39 is 5.97 Å². The number of carbonyl (C=O) groups is 2. The van der Waals surface area contributed by atoms with Crippen molar-refractivity contribution in [3.63, 3.8) is 0 Å². The first-order chi connectivity index (χ1) is 12.5. The molecule has 0 aliphatic heterocycles. The molecule has 0 bridgehead atoms. The third kappa shape index (κ3) is 6.48. The predicted molar refractivity (Wildman–Crippen MR) is 100 cm³/mol. The summed E-state index contributed by atoms with van der Waals surface area (Å²) in [6, 6.07) is 6.76. The van der Waals surface area contributed by atoms with E-state index in [1.54, 1.807) is 35.6 Å². The van der Waals surface area contributed by atoms with Crippen molar-refractivity contribution in [2.45, 2.75) is 46.3 Å². The molecular formula is C19H24N2O4S. The molecule has 1 atom stereocenters. The van der Waals surface area contributed by atoms with Crippen molar-refractivity contribution in [2.24, 2.45) is 0 Å². The van der Waals surface area contributed by atoms with Crippen LogP contribution < -0.4 is 10.1 Å². The molecule has 140 valence electrons. The summed E-state index contributed by atoms with van der Waals surface area (Å²) in [4.78, 5) is 28.2. The van der Waals surface area contributed by atoms with Gasteiger partial charge in [-0.3, -0.25) is 4.79 Å². The number of benzene rings is 1. The van der Waals surface area contributed by atoms with Gasteiger partial charge in [-0.1, -0.05) is 19.4 Å². The van der Waals surface area contributed by atoms with Crippen molar-refractivity contribution in [3.05, 3.63) is 45.9 Å². The van der Waals surface area contributed by atoms with E-state index in [9.17, 15) is 9.59 Å². The molecule has 1 heterocycles. The van der Waals surface area contributed by atoms with Gasteiger partial charge in [0.05, 0.1) is 16.3 Å². The third-order valence-electron chi connectivity index (χ3n) is 3.59. The molecule has 0 spiro atoms. The highest BCUT2D eigenvalue weighted by Gasteiger charge is 2.12. The minimum atomic E-state index is -0.557. The number of amides is 1. The highest BCUT2D eigenvalue weighted by atomic mass is 32.1. The molecule has 2 rings (SSSR count). The summed E-state index contributed by atoms with van der Waals surface area (Å²) in [5.41, 5.74) is 1.18. The molecule has 0 saturated carbocycles. The number of aryl methyl sites for hydroxylation is 1. The van der Waals surface area contributed by atoms with Crippen LogP contribution in [0.1, 0.15) is 47.7 Å². The van der Waals surface area contributed by atoms with Crippen LogP contribution in [0.25, 0.3) is 0 Å². The van der Waals surface area contributed by atoms with Gasteiger partial charge in [0.25, 0.3) is 5.91 Å². The fraction of sp³-hybridized carbons (Fsp3) is 0.421. The lowest BCUT2D eigenvalue weighted by atomic mass is 10.2. The molecule has 0 aliphatic carbocycles. The number of esters is 1. The highest BCUT2D eigenvalue weighted by Crippen LogP contribution is 2.17. The maximum absolute atomic E-state index is 12.1. The van der Waals surface area contributed by atoms with E-state index in [0.29, 0.717) is 17.9 Å². The van der Waals surface area contributed by atoms with Gasteiger partial charge in [-0.15, -0.1) is 11.3 Å². The van der Waals surface area contributed by atoms with Crippen LogP contribution >= 0.6 is 11.3 Å². The predicted octanol–water partition coefficient (Wildman–Crippen LogP) is 3.49. The minimum Gasteiger partial charge on any atom is -0.487 e. The largest absolute Gasteiger partial charge is 0.487 e. The lowest BCUT2D eigenvalue weighted by Gasteiger charge is -2.13. The maximum Gasteiger partial charge on any atom is 0.338 e. The van der Waals surface area contributed by atoms with E-state index in [0.717, 1.165) is 23.5 Å². The van der Waals surface area contributed by atoms with Gasteiger partial charge in [0.15, 0.2) is 6.61 Å². The summed E-state index contributed by atoms with van der Waals surface area (Å²) >= 11 is 1.56. The average molecular weight is 376 g/mol. The molecule has 1 amide bonds. The van der Waals surface area contributed by atoms with E-state index in [-0.39, 0.29) is 18.6 Å². The van der Waals surface area contributed by atoms with Crippen molar-refractivity contribution in [1.29, 1.82) is 0 Å². The maximum atomic E-state index is 12.1. The molecule has 26 heavy (non-hydrogen) atoms. The fourth-order valence-corrected chi connectivity index (χ4v) is 2.98. The molecular weight excluding hydrogens is 352 g/mol. The van der Waals surface area contributed by atoms with Gasteiger partial charge in [-0.25, -0.2) is 9.78 Å². The Morgan fingerprint density at radius 3 is 2.85 bits per heavy atom. The number of carbonyl (C=O) groups excluding carboxylic acids is 2. The summed E-state index contributed by atoms with van der Waals surface area (Å²) < 4.78 is 10.7. The highest BCUT2D eigenvalue weighted by molar-refractivity contribution is 7.09. The van der Waals surface area contributed by atoms with Gasteiger partial charge >= 0.3 is 5.97 Å². The van der Waals surface area contributed by atoms with Crippen molar-refractivity contribution in [2.75, 3.05) is 6.61 Å². The van der Waals surface area contributed by atoms with Gasteiger partial charge in [0.1, 0.15) is 12.4 Å². The average Bonchev–Trinajstić information content (AvgIpc) is 3.03. The second-order valence-electron chi connectivity index (χ2n) is 6.01. The number of ether oxygens (including phenoxy) is 2. The SMILES string of the molecule is CCCC(C)NC(=O)COC(=O)c1cccc(OCc2csc(C)n2)c1. The van der Waals surface area contributed by atoms with Crippen LogP contribution in [0.4, 0.5) is 0 Å². The van der Waals surface area contributed by atoms with Crippen LogP contribution in [0.2, 0.25) is 0 Å². The first kappa shape index (κ1) is 19.9. The zero-order valence-corrected chi connectivity index (χ0v) is 16.1. The number of thiazole rings is 1. The second kappa shape index (κ2) is 9.91. The molecule has 2 aromatic rings. The Labute approximate surface area is 157 Å². The van der Waals surface area contributed by atoms with Crippen molar-refractivity contribution in [1.82, 2.24) is 10.3 Å². The van der Waals surface area contributed by atoms with Gasteiger partial charge < -0.3 is 14.8 Å². The molecule has 1 N–H and O–H groups in total. The molecule has 6 nitrogen and oxygen atoms in total. The Morgan fingerprint density at radius 2 is 2.15 bits per heavy atom. The van der Waals surface area contributed by atoms with E-state index in [4.69, 9.17) is 9.47 Å².